The summed E-state index contributed by atoms with van der Waals surface area (Å²) in [5.74, 6) is 1.36. The van der Waals surface area contributed by atoms with Crippen molar-refractivity contribution >= 4 is 35.6 Å². The van der Waals surface area contributed by atoms with Crippen molar-refractivity contribution in [1.82, 2.24) is 9.55 Å². The van der Waals surface area contributed by atoms with Gasteiger partial charge in [0.2, 0.25) is 0 Å². The minimum Gasteiger partial charge on any atom is -0.370 e. The van der Waals surface area contributed by atoms with E-state index in [1.807, 2.05) is 12.4 Å². The highest BCUT2D eigenvalue weighted by Crippen LogP contribution is 2.24. The second-order valence-corrected chi connectivity index (χ2v) is 7.29. The molecule has 5 nitrogen and oxygen atoms in total. The Morgan fingerprint density at radius 2 is 1.93 bits per heavy atom. The summed E-state index contributed by atoms with van der Waals surface area (Å²) in [5.41, 5.74) is 11.3. The number of fused-ring (bicyclic) bond motifs is 1. The Balaban J connectivity index is 0.00000240. The normalized spacial score (nSPS) is 13.0. The van der Waals surface area contributed by atoms with Gasteiger partial charge >= 0.3 is 0 Å². The van der Waals surface area contributed by atoms with Crippen molar-refractivity contribution in [1.29, 1.82) is 0 Å². The Labute approximate surface area is 189 Å². The third kappa shape index (κ3) is 5.82. The largest absolute Gasteiger partial charge is 0.370 e. The third-order valence-electron chi connectivity index (χ3n) is 5.27. The van der Waals surface area contributed by atoms with E-state index in [9.17, 15) is 0 Å². The van der Waals surface area contributed by atoms with Gasteiger partial charge in [-0.3, -0.25) is 0 Å². The zero-order valence-corrected chi connectivity index (χ0v) is 18.9. The molecule has 0 fully saturated rings. The van der Waals surface area contributed by atoms with E-state index in [-0.39, 0.29) is 24.0 Å². The first kappa shape index (κ1) is 21.4. The number of nitrogens with two attached hydrogens (primary N) is 1. The van der Waals surface area contributed by atoms with Crippen LogP contribution in [0.1, 0.15) is 35.4 Å². The molecule has 3 N–H and O–H groups in total. The van der Waals surface area contributed by atoms with Crippen molar-refractivity contribution < 1.29 is 0 Å². The van der Waals surface area contributed by atoms with Crippen LogP contribution >= 0.6 is 24.0 Å². The first-order valence-corrected chi connectivity index (χ1v) is 10.0. The first-order chi connectivity index (χ1) is 13.8. The van der Waals surface area contributed by atoms with Crippen LogP contribution in [-0.2, 0) is 32.4 Å². The predicted molar refractivity (Wildman–Crippen MR) is 130 cm³/mol. The highest BCUT2D eigenvalue weighted by molar-refractivity contribution is 14.0. The summed E-state index contributed by atoms with van der Waals surface area (Å²) in [6.45, 7) is 1.40. The van der Waals surface area contributed by atoms with Gasteiger partial charge in [0.05, 0.1) is 0 Å². The summed E-state index contributed by atoms with van der Waals surface area (Å²) in [6, 6.07) is 17.0. The van der Waals surface area contributed by atoms with Gasteiger partial charge in [0.15, 0.2) is 5.96 Å². The van der Waals surface area contributed by atoms with Gasteiger partial charge in [-0.15, -0.1) is 24.0 Å². The average Bonchev–Trinajstić information content (AvgIpc) is 3.36. The number of anilines is 1. The van der Waals surface area contributed by atoms with E-state index in [0.717, 1.165) is 37.3 Å². The molecule has 1 aliphatic rings. The van der Waals surface area contributed by atoms with Crippen molar-refractivity contribution in [3.05, 3.63) is 83.4 Å². The molecule has 6 heteroatoms. The van der Waals surface area contributed by atoms with E-state index in [0.29, 0.717) is 12.5 Å². The van der Waals surface area contributed by atoms with Crippen molar-refractivity contribution in [2.75, 3.05) is 5.32 Å². The Kier molecular flexibility index (Phi) is 7.69. The summed E-state index contributed by atoms with van der Waals surface area (Å²) in [5, 5.41) is 3.21. The fourth-order valence-corrected chi connectivity index (χ4v) is 3.79. The highest BCUT2D eigenvalue weighted by atomic mass is 127. The van der Waals surface area contributed by atoms with Gasteiger partial charge in [0.1, 0.15) is 12.4 Å². The topological polar surface area (TPSA) is 68.2 Å². The number of nitrogens with zero attached hydrogens (tertiary/aromatic N) is 3. The number of rotatable bonds is 7. The number of hydrogen-bond donors (Lipinski definition) is 2. The molecule has 0 saturated carbocycles. The second-order valence-electron chi connectivity index (χ2n) is 7.29. The Hall–Kier alpha value is -2.35. The number of nitrogens with one attached hydrogen (secondary N) is 1. The molecule has 3 aromatic rings. The number of aryl methyl sites for hydroxylation is 4. The number of aliphatic imine (C=N–C) groups is 1. The van der Waals surface area contributed by atoms with Crippen molar-refractivity contribution in [2.24, 2.45) is 10.7 Å². The van der Waals surface area contributed by atoms with E-state index in [4.69, 9.17) is 5.73 Å². The number of imidazole rings is 1. The monoisotopic (exact) mass is 501 g/mol. The van der Waals surface area contributed by atoms with Crippen molar-refractivity contribution in [2.45, 2.75) is 45.2 Å². The van der Waals surface area contributed by atoms with Crippen LogP contribution in [0, 0.1) is 0 Å². The molecule has 2 aromatic carbocycles. The fourth-order valence-electron chi connectivity index (χ4n) is 3.79. The van der Waals surface area contributed by atoms with Gasteiger partial charge in [-0.25, -0.2) is 9.98 Å². The predicted octanol–water partition coefficient (Wildman–Crippen LogP) is 4.55. The van der Waals surface area contributed by atoms with Crippen LogP contribution in [0.5, 0.6) is 0 Å². The van der Waals surface area contributed by atoms with Gasteiger partial charge in [-0.2, -0.15) is 0 Å². The van der Waals surface area contributed by atoms with E-state index in [1.54, 1.807) is 0 Å². The third-order valence-corrected chi connectivity index (χ3v) is 5.27. The maximum Gasteiger partial charge on any atom is 0.193 e. The molecule has 152 valence electrons. The molecule has 0 amide bonds. The fraction of sp³-hybridized carbons (Fsp3) is 0.304. The van der Waals surface area contributed by atoms with Crippen LogP contribution < -0.4 is 11.1 Å². The summed E-state index contributed by atoms with van der Waals surface area (Å²) < 4.78 is 2.16. The van der Waals surface area contributed by atoms with Crippen LogP contribution in [-0.4, -0.2) is 15.5 Å². The number of halogens is 1. The zero-order valence-electron chi connectivity index (χ0n) is 16.6. The molecule has 4 rings (SSSR count). The molecule has 1 aromatic heterocycles. The van der Waals surface area contributed by atoms with E-state index in [1.165, 1.54) is 29.5 Å². The molecular weight excluding hydrogens is 473 g/mol. The minimum absolute atomic E-state index is 0. The maximum absolute atomic E-state index is 6.10. The molecule has 0 atom stereocenters. The molecule has 0 aliphatic heterocycles. The summed E-state index contributed by atoms with van der Waals surface area (Å²) in [4.78, 5) is 8.92. The average molecular weight is 501 g/mol. The Morgan fingerprint density at radius 1 is 1.10 bits per heavy atom. The maximum atomic E-state index is 6.10. The quantitative estimate of drug-likeness (QED) is 0.284. The van der Waals surface area contributed by atoms with Crippen LogP contribution in [0.25, 0.3) is 0 Å². The van der Waals surface area contributed by atoms with E-state index < -0.39 is 0 Å². The van der Waals surface area contributed by atoms with Crippen LogP contribution in [0.4, 0.5) is 5.69 Å². The Bertz CT molecular complexity index is 949. The molecule has 0 bridgehead atoms. The highest BCUT2D eigenvalue weighted by Gasteiger charge is 2.11. The van der Waals surface area contributed by atoms with Gasteiger partial charge in [-0.1, -0.05) is 36.4 Å². The Morgan fingerprint density at radius 3 is 2.79 bits per heavy atom. The lowest BCUT2D eigenvalue weighted by Crippen LogP contribution is -2.23. The number of hydrogen-bond acceptors (Lipinski definition) is 2. The van der Waals surface area contributed by atoms with Gasteiger partial charge in [0, 0.05) is 24.6 Å². The lowest BCUT2D eigenvalue weighted by atomic mass is 10.1. The van der Waals surface area contributed by atoms with Crippen LogP contribution in [0.15, 0.2) is 65.9 Å². The molecule has 1 aliphatic carbocycles. The van der Waals surface area contributed by atoms with E-state index >= 15 is 0 Å². The summed E-state index contributed by atoms with van der Waals surface area (Å²) in [7, 11) is 0. The molecule has 29 heavy (non-hydrogen) atoms. The van der Waals surface area contributed by atoms with Gasteiger partial charge in [-0.05, 0) is 60.9 Å². The van der Waals surface area contributed by atoms with Crippen molar-refractivity contribution in [3.63, 3.8) is 0 Å². The van der Waals surface area contributed by atoms with Gasteiger partial charge < -0.3 is 15.6 Å². The number of aromatic nitrogens is 2. The molecule has 0 radical (unpaired) electrons. The summed E-state index contributed by atoms with van der Waals surface area (Å²) in [6.07, 6.45) is 9.56. The lowest BCUT2D eigenvalue weighted by Gasteiger charge is -2.09. The SMILES string of the molecule is I.NC(=NCc1nccn1CCCc1ccccc1)Nc1ccc2c(c1)CCC2. The lowest BCUT2D eigenvalue weighted by molar-refractivity contribution is 0.611. The standard InChI is InChI=1S/C23H27N5.HI/c24-23(27-21-12-11-19-9-4-10-20(19)16-21)26-17-22-25-13-15-28(22)14-5-8-18-6-2-1-3-7-18;/h1-3,6-7,11-13,15-16H,4-5,8-10,14,17H2,(H3,24,26,27);1H. The van der Waals surface area contributed by atoms with Crippen LogP contribution in [0.3, 0.4) is 0 Å². The molecule has 1 heterocycles. The molecule has 0 spiro atoms. The van der Waals surface area contributed by atoms with E-state index in [2.05, 4.69) is 68.4 Å². The first-order valence-electron chi connectivity index (χ1n) is 10.0. The molecule has 0 saturated heterocycles. The number of guanidine groups is 1. The van der Waals surface area contributed by atoms with Crippen molar-refractivity contribution in [3.8, 4) is 0 Å². The molecule has 0 unspecified atom stereocenters. The zero-order chi connectivity index (χ0) is 19.2. The van der Waals surface area contributed by atoms with Gasteiger partial charge in [0.25, 0.3) is 0 Å². The summed E-state index contributed by atoms with van der Waals surface area (Å²) >= 11 is 0. The smallest absolute Gasteiger partial charge is 0.193 e. The van der Waals surface area contributed by atoms with Crippen LogP contribution in [0.2, 0.25) is 0 Å². The number of benzene rings is 2. The minimum atomic E-state index is 0. The molecular formula is C23H28IN5. The second kappa shape index (κ2) is 10.4.